The Morgan fingerprint density at radius 2 is 1.94 bits per heavy atom. The Kier molecular flexibility index (Phi) is 7.92. The molecule has 0 aliphatic heterocycles. The highest BCUT2D eigenvalue weighted by Crippen LogP contribution is 2.28. The molecule has 18 heavy (non-hydrogen) atoms. The van der Waals surface area contributed by atoms with E-state index in [1.807, 2.05) is 0 Å². The number of hydrogen-bond donors (Lipinski definition) is 2. The summed E-state index contributed by atoms with van der Waals surface area (Å²) in [5.74, 6) is 2.44. The zero-order valence-corrected chi connectivity index (χ0v) is 12.6. The van der Waals surface area contributed by atoms with E-state index in [1.54, 1.807) is 0 Å². The molecule has 1 rings (SSSR count). The van der Waals surface area contributed by atoms with Gasteiger partial charge in [0.2, 0.25) is 0 Å². The third-order valence-corrected chi connectivity index (χ3v) is 4.77. The van der Waals surface area contributed by atoms with Gasteiger partial charge in [0.25, 0.3) is 0 Å². The van der Waals surface area contributed by atoms with Crippen molar-refractivity contribution in [2.45, 2.75) is 71.8 Å². The Balaban J connectivity index is 2.26. The van der Waals surface area contributed by atoms with Gasteiger partial charge in [-0.15, -0.1) is 0 Å². The van der Waals surface area contributed by atoms with Crippen LogP contribution in [0.1, 0.15) is 65.7 Å². The fraction of sp³-hybridized carbons (Fsp3) is 1.00. The molecular formula is C16H33NO. The summed E-state index contributed by atoms with van der Waals surface area (Å²) in [5.41, 5.74) is 0. The van der Waals surface area contributed by atoms with Crippen LogP contribution < -0.4 is 5.32 Å². The molecule has 0 aromatic rings. The number of rotatable bonds is 7. The van der Waals surface area contributed by atoms with Crippen LogP contribution in [0.25, 0.3) is 0 Å². The Morgan fingerprint density at radius 1 is 1.17 bits per heavy atom. The minimum absolute atomic E-state index is 0.334. The SMILES string of the molecule is CCC(CCO)CNC1CCCC(C(C)C)CC1. The van der Waals surface area contributed by atoms with Crippen LogP contribution in [0.2, 0.25) is 0 Å². The quantitative estimate of drug-likeness (QED) is 0.681. The summed E-state index contributed by atoms with van der Waals surface area (Å²) >= 11 is 0. The highest BCUT2D eigenvalue weighted by molar-refractivity contribution is 4.77. The van der Waals surface area contributed by atoms with Gasteiger partial charge >= 0.3 is 0 Å². The van der Waals surface area contributed by atoms with E-state index in [9.17, 15) is 0 Å². The van der Waals surface area contributed by atoms with Crippen LogP contribution in [0.15, 0.2) is 0 Å². The fourth-order valence-electron chi connectivity index (χ4n) is 3.17. The van der Waals surface area contributed by atoms with Gasteiger partial charge in [0.1, 0.15) is 0 Å². The molecule has 0 aromatic carbocycles. The predicted molar refractivity (Wildman–Crippen MR) is 78.7 cm³/mol. The standard InChI is InChI=1S/C16H33NO/c1-4-14(10-11-18)12-17-16-7-5-6-15(8-9-16)13(2)3/h13-18H,4-12H2,1-3H3. The second-order valence-electron chi connectivity index (χ2n) is 6.40. The number of hydrogen-bond acceptors (Lipinski definition) is 2. The maximum atomic E-state index is 9.02. The molecule has 0 amide bonds. The second kappa shape index (κ2) is 8.92. The molecule has 3 atom stereocenters. The van der Waals surface area contributed by atoms with Gasteiger partial charge in [-0.25, -0.2) is 0 Å². The van der Waals surface area contributed by atoms with Gasteiger partial charge < -0.3 is 10.4 Å². The van der Waals surface area contributed by atoms with Crippen molar-refractivity contribution >= 4 is 0 Å². The summed E-state index contributed by atoms with van der Waals surface area (Å²) in [6, 6.07) is 0.724. The minimum atomic E-state index is 0.334. The number of nitrogens with one attached hydrogen (secondary N) is 1. The summed E-state index contributed by atoms with van der Waals surface area (Å²) in [5, 5.41) is 12.8. The van der Waals surface area contributed by atoms with Gasteiger partial charge in [0.05, 0.1) is 0 Å². The molecule has 0 bridgehead atoms. The van der Waals surface area contributed by atoms with Crippen molar-refractivity contribution in [3.63, 3.8) is 0 Å². The smallest absolute Gasteiger partial charge is 0.0434 e. The van der Waals surface area contributed by atoms with Crippen LogP contribution >= 0.6 is 0 Å². The predicted octanol–water partition coefficient (Wildman–Crippen LogP) is 3.59. The Hall–Kier alpha value is -0.0800. The zero-order valence-electron chi connectivity index (χ0n) is 12.6. The molecule has 0 aromatic heterocycles. The first kappa shape index (κ1) is 16.0. The first-order valence-electron chi connectivity index (χ1n) is 8.01. The van der Waals surface area contributed by atoms with Gasteiger partial charge in [-0.05, 0) is 50.0 Å². The topological polar surface area (TPSA) is 32.3 Å². The molecule has 0 radical (unpaired) electrons. The van der Waals surface area contributed by atoms with E-state index < -0.39 is 0 Å². The monoisotopic (exact) mass is 255 g/mol. The molecule has 2 N–H and O–H groups in total. The molecule has 2 nitrogen and oxygen atoms in total. The molecule has 3 unspecified atom stereocenters. The molecule has 1 aliphatic rings. The molecule has 1 aliphatic carbocycles. The lowest BCUT2D eigenvalue weighted by atomic mass is 9.89. The van der Waals surface area contributed by atoms with E-state index in [1.165, 1.54) is 38.5 Å². The van der Waals surface area contributed by atoms with Crippen molar-refractivity contribution in [3.8, 4) is 0 Å². The van der Waals surface area contributed by atoms with E-state index in [-0.39, 0.29) is 0 Å². The van der Waals surface area contributed by atoms with Gasteiger partial charge in [0, 0.05) is 12.6 Å². The summed E-state index contributed by atoms with van der Waals surface area (Å²) in [6.07, 6.45) is 9.02. The maximum Gasteiger partial charge on any atom is 0.0434 e. The normalized spacial score (nSPS) is 27.2. The van der Waals surface area contributed by atoms with Gasteiger partial charge in [-0.2, -0.15) is 0 Å². The summed E-state index contributed by atoms with van der Waals surface area (Å²) in [7, 11) is 0. The van der Waals surface area contributed by atoms with E-state index >= 15 is 0 Å². The molecule has 108 valence electrons. The van der Waals surface area contributed by atoms with Crippen LogP contribution in [-0.4, -0.2) is 24.3 Å². The lowest BCUT2D eigenvalue weighted by molar-refractivity contribution is 0.246. The van der Waals surface area contributed by atoms with Crippen LogP contribution in [-0.2, 0) is 0 Å². The molecule has 0 saturated heterocycles. The zero-order chi connectivity index (χ0) is 13.4. The number of aliphatic hydroxyl groups excluding tert-OH is 1. The Morgan fingerprint density at radius 3 is 2.56 bits per heavy atom. The van der Waals surface area contributed by atoms with Crippen molar-refractivity contribution in [2.24, 2.45) is 17.8 Å². The van der Waals surface area contributed by atoms with Gasteiger partial charge in [0.15, 0.2) is 0 Å². The lowest BCUT2D eigenvalue weighted by Crippen LogP contribution is -2.33. The first-order chi connectivity index (χ1) is 8.67. The highest BCUT2D eigenvalue weighted by Gasteiger charge is 2.21. The Labute approximate surface area is 114 Å². The summed E-state index contributed by atoms with van der Waals surface area (Å²) < 4.78 is 0. The number of aliphatic hydroxyl groups is 1. The van der Waals surface area contributed by atoms with Crippen LogP contribution in [0.4, 0.5) is 0 Å². The van der Waals surface area contributed by atoms with Crippen molar-refractivity contribution < 1.29 is 5.11 Å². The summed E-state index contributed by atoms with van der Waals surface area (Å²) in [6.45, 7) is 8.39. The van der Waals surface area contributed by atoms with Crippen LogP contribution in [0.5, 0.6) is 0 Å². The third-order valence-electron chi connectivity index (χ3n) is 4.77. The van der Waals surface area contributed by atoms with Crippen molar-refractivity contribution in [1.82, 2.24) is 5.32 Å². The van der Waals surface area contributed by atoms with E-state index in [4.69, 9.17) is 5.11 Å². The molecule has 2 heteroatoms. The molecule has 1 fully saturated rings. The van der Waals surface area contributed by atoms with Crippen LogP contribution in [0, 0.1) is 17.8 Å². The van der Waals surface area contributed by atoms with Crippen molar-refractivity contribution in [3.05, 3.63) is 0 Å². The average Bonchev–Trinajstić information content (AvgIpc) is 2.60. The largest absolute Gasteiger partial charge is 0.396 e. The van der Waals surface area contributed by atoms with Crippen LogP contribution in [0.3, 0.4) is 0 Å². The molecule has 1 saturated carbocycles. The van der Waals surface area contributed by atoms with Gasteiger partial charge in [-0.3, -0.25) is 0 Å². The first-order valence-corrected chi connectivity index (χ1v) is 8.01. The maximum absolute atomic E-state index is 9.02. The molecular weight excluding hydrogens is 222 g/mol. The van der Waals surface area contributed by atoms with E-state index in [0.29, 0.717) is 12.5 Å². The average molecular weight is 255 g/mol. The van der Waals surface area contributed by atoms with E-state index in [0.717, 1.165) is 30.8 Å². The fourth-order valence-corrected chi connectivity index (χ4v) is 3.17. The summed E-state index contributed by atoms with van der Waals surface area (Å²) in [4.78, 5) is 0. The lowest BCUT2D eigenvalue weighted by Gasteiger charge is -2.21. The second-order valence-corrected chi connectivity index (χ2v) is 6.40. The van der Waals surface area contributed by atoms with E-state index in [2.05, 4.69) is 26.1 Å². The van der Waals surface area contributed by atoms with Crippen molar-refractivity contribution in [1.29, 1.82) is 0 Å². The molecule has 0 spiro atoms. The highest BCUT2D eigenvalue weighted by atomic mass is 16.3. The third kappa shape index (κ3) is 5.71. The van der Waals surface area contributed by atoms with Gasteiger partial charge in [-0.1, -0.05) is 40.0 Å². The minimum Gasteiger partial charge on any atom is -0.396 e. The Bertz CT molecular complexity index is 205. The molecule has 0 heterocycles. The van der Waals surface area contributed by atoms with Crippen molar-refractivity contribution in [2.75, 3.05) is 13.2 Å².